The summed E-state index contributed by atoms with van der Waals surface area (Å²) >= 11 is 6.88. The lowest BCUT2D eigenvalue weighted by Crippen LogP contribution is -2.24. The number of halogens is 2. The third-order valence-corrected chi connectivity index (χ3v) is 4.74. The molecule has 0 bridgehead atoms. The fourth-order valence-corrected chi connectivity index (χ4v) is 3.71. The maximum absolute atomic E-state index is 6.09. The Hall–Kier alpha value is -1.08. The fourth-order valence-electron chi connectivity index (χ4n) is 2.49. The van der Waals surface area contributed by atoms with Gasteiger partial charge >= 0.3 is 0 Å². The quantitative estimate of drug-likeness (QED) is 0.743. The molecule has 2 heterocycles. The first-order valence-electron chi connectivity index (χ1n) is 6.98. The second-order valence-electron chi connectivity index (χ2n) is 5.15. The molecule has 0 aliphatic carbocycles. The Bertz CT molecular complexity index is 636. The van der Waals surface area contributed by atoms with Gasteiger partial charge in [-0.1, -0.05) is 28.8 Å². The van der Waals surface area contributed by atoms with Crippen molar-refractivity contribution in [2.24, 2.45) is 0 Å². The summed E-state index contributed by atoms with van der Waals surface area (Å²) in [7, 11) is 0. The molecule has 1 aromatic carbocycles. The summed E-state index contributed by atoms with van der Waals surface area (Å²) in [6, 6.07) is 3.78. The third-order valence-electron chi connectivity index (χ3n) is 3.63. The zero-order valence-electron chi connectivity index (χ0n) is 11.5. The smallest absolute Gasteiger partial charge is 0.266 e. The van der Waals surface area contributed by atoms with E-state index in [9.17, 15) is 0 Å². The summed E-state index contributed by atoms with van der Waals surface area (Å²) < 4.78 is 7.13. The first-order valence-corrected chi connectivity index (χ1v) is 8.57. The zero-order chi connectivity index (χ0) is 14.8. The number of benzene rings is 1. The van der Waals surface area contributed by atoms with Crippen LogP contribution in [0.4, 0.5) is 11.6 Å². The van der Waals surface area contributed by atoms with Crippen molar-refractivity contribution in [1.29, 1.82) is 0 Å². The van der Waals surface area contributed by atoms with Gasteiger partial charge in [-0.3, -0.25) is 0 Å². The normalized spacial score (nSPS) is 16.0. The number of nitrogens with two attached hydrogens (primary N) is 1. The molecule has 0 saturated carbocycles. The predicted molar refractivity (Wildman–Crippen MR) is 90.2 cm³/mol. The van der Waals surface area contributed by atoms with Crippen LogP contribution in [0, 0.1) is 0 Å². The first-order chi connectivity index (χ1) is 10.1. The van der Waals surface area contributed by atoms with E-state index in [0.717, 1.165) is 27.6 Å². The van der Waals surface area contributed by atoms with Crippen LogP contribution in [0.15, 0.2) is 25.6 Å². The molecule has 0 amide bonds. The lowest BCUT2D eigenvalue weighted by Gasteiger charge is -2.16. The SMILES string of the molecule is Nc1c(Br)cc(Br)cc1-c1nc(N2CCCCCC2)no1. The highest BCUT2D eigenvalue weighted by molar-refractivity contribution is 9.11. The molecule has 1 aromatic heterocycles. The van der Waals surface area contributed by atoms with E-state index in [2.05, 4.69) is 46.9 Å². The van der Waals surface area contributed by atoms with E-state index in [1.165, 1.54) is 25.7 Å². The molecular formula is C14H16Br2N4O. The Morgan fingerprint density at radius 1 is 1.10 bits per heavy atom. The number of hydrogen-bond acceptors (Lipinski definition) is 5. The van der Waals surface area contributed by atoms with Crippen molar-refractivity contribution in [1.82, 2.24) is 10.1 Å². The lowest BCUT2D eigenvalue weighted by molar-refractivity contribution is 0.429. The van der Waals surface area contributed by atoms with E-state index in [-0.39, 0.29) is 0 Å². The molecule has 1 saturated heterocycles. The monoisotopic (exact) mass is 414 g/mol. The highest BCUT2D eigenvalue weighted by Crippen LogP contribution is 2.35. The van der Waals surface area contributed by atoms with E-state index in [4.69, 9.17) is 10.3 Å². The van der Waals surface area contributed by atoms with Crippen LogP contribution in [0.1, 0.15) is 25.7 Å². The molecule has 0 unspecified atom stereocenters. The highest BCUT2D eigenvalue weighted by atomic mass is 79.9. The highest BCUT2D eigenvalue weighted by Gasteiger charge is 2.19. The second kappa shape index (κ2) is 6.36. The average Bonchev–Trinajstić information content (AvgIpc) is 2.78. The molecule has 112 valence electrons. The Morgan fingerprint density at radius 2 is 1.81 bits per heavy atom. The van der Waals surface area contributed by atoms with E-state index in [1.807, 2.05) is 12.1 Å². The molecule has 5 nitrogen and oxygen atoms in total. The molecule has 0 atom stereocenters. The van der Waals surface area contributed by atoms with Crippen molar-refractivity contribution < 1.29 is 4.52 Å². The van der Waals surface area contributed by atoms with Gasteiger partial charge in [0.25, 0.3) is 11.8 Å². The molecule has 21 heavy (non-hydrogen) atoms. The van der Waals surface area contributed by atoms with Crippen molar-refractivity contribution >= 4 is 43.5 Å². The second-order valence-corrected chi connectivity index (χ2v) is 6.92. The summed E-state index contributed by atoms with van der Waals surface area (Å²) in [6.07, 6.45) is 4.89. The van der Waals surface area contributed by atoms with Gasteiger partial charge in [-0.25, -0.2) is 0 Å². The van der Waals surface area contributed by atoms with Crippen LogP contribution >= 0.6 is 31.9 Å². The Morgan fingerprint density at radius 3 is 2.52 bits per heavy atom. The number of hydrogen-bond donors (Lipinski definition) is 1. The van der Waals surface area contributed by atoms with Gasteiger partial charge in [-0.15, -0.1) is 0 Å². The molecule has 1 aliphatic heterocycles. The van der Waals surface area contributed by atoms with Gasteiger partial charge in [-0.05, 0) is 46.1 Å². The number of nitrogen functional groups attached to an aromatic ring is 1. The summed E-state index contributed by atoms with van der Waals surface area (Å²) in [5.41, 5.74) is 7.43. The molecule has 7 heteroatoms. The zero-order valence-corrected chi connectivity index (χ0v) is 14.7. The minimum Gasteiger partial charge on any atom is -0.397 e. The van der Waals surface area contributed by atoms with E-state index >= 15 is 0 Å². The minimum atomic E-state index is 0.453. The maximum Gasteiger partial charge on any atom is 0.266 e. The molecule has 0 spiro atoms. The Kier molecular flexibility index (Phi) is 4.49. The summed E-state index contributed by atoms with van der Waals surface area (Å²) in [5.74, 6) is 1.11. The van der Waals surface area contributed by atoms with Gasteiger partial charge in [0.2, 0.25) is 0 Å². The molecule has 2 N–H and O–H groups in total. The van der Waals surface area contributed by atoms with E-state index < -0.39 is 0 Å². The van der Waals surface area contributed by atoms with E-state index in [0.29, 0.717) is 17.5 Å². The van der Waals surface area contributed by atoms with Crippen LogP contribution in [0.25, 0.3) is 11.5 Å². The van der Waals surface area contributed by atoms with E-state index in [1.54, 1.807) is 0 Å². The van der Waals surface area contributed by atoms with Crippen LogP contribution in [0.2, 0.25) is 0 Å². The standard InChI is InChI=1S/C14H16Br2N4O/c15-9-7-10(12(17)11(16)8-9)13-18-14(19-21-13)20-5-3-1-2-4-6-20/h7-8H,1-6,17H2. The topological polar surface area (TPSA) is 68.2 Å². The number of nitrogens with zero attached hydrogens (tertiary/aromatic N) is 3. The van der Waals surface area contributed by atoms with Gasteiger partial charge < -0.3 is 15.2 Å². The summed E-state index contributed by atoms with van der Waals surface area (Å²) in [5, 5.41) is 4.11. The molecular weight excluding hydrogens is 400 g/mol. The van der Waals surface area contributed by atoms with Crippen LogP contribution in [0.5, 0.6) is 0 Å². The molecule has 0 radical (unpaired) electrons. The largest absolute Gasteiger partial charge is 0.397 e. The summed E-state index contributed by atoms with van der Waals surface area (Å²) in [4.78, 5) is 6.70. The third kappa shape index (κ3) is 3.23. The van der Waals surface area contributed by atoms with Gasteiger partial charge in [0.15, 0.2) is 0 Å². The van der Waals surface area contributed by atoms with Crippen molar-refractivity contribution in [3.05, 3.63) is 21.1 Å². The van der Waals surface area contributed by atoms with Crippen LogP contribution in [0.3, 0.4) is 0 Å². The van der Waals surface area contributed by atoms with Gasteiger partial charge in [0, 0.05) is 22.0 Å². The van der Waals surface area contributed by atoms with Gasteiger partial charge in [0.1, 0.15) is 0 Å². The van der Waals surface area contributed by atoms with Crippen LogP contribution in [-0.4, -0.2) is 23.2 Å². The summed E-state index contributed by atoms with van der Waals surface area (Å²) in [6.45, 7) is 1.97. The first kappa shape index (κ1) is 14.8. The molecule has 3 rings (SSSR count). The maximum atomic E-state index is 6.09. The lowest BCUT2D eigenvalue weighted by atomic mass is 10.2. The molecule has 1 fully saturated rings. The van der Waals surface area contributed by atoms with Crippen LogP contribution < -0.4 is 10.6 Å². The number of rotatable bonds is 2. The van der Waals surface area contributed by atoms with Crippen molar-refractivity contribution in [3.8, 4) is 11.5 Å². The average molecular weight is 416 g/mol. The predicted octanol–water partition coefficient (Wildman–Crippen LogP) is 4.22. The van der Waals surface area contributed by atoms with Gasteiger partial charge in [-0.2, -0.15) is 4.98 Å². The Balaban J connectivity index is 1.91. The van der Waals surface area contributed by atoms with Crippen molar-refractivity contribution in [2.45, 2.75) is 25.7 Å². The van der Waals surface area contributed by atoms with Crippen LogP contribution in [-0.2, 0) is 0 Å². The number of aromatic nitrogens is 2. The minimum absolute atomic E-state index is 0.453. The molecule has 2 aromatic rings. The molecule has 1 aliphatic rings. The van der Waals surface area contributed by atoms with Crippen molar-refractivity contribution in [2.75, 3.05) is 23.7 Å². The number of anilines is 2. The van der Waals surface area contributed by atoms with Gasteiger partial charge in [0.05, 0.1) is 11.3 Å². The fraction of sp³-hybridized carbons (Fsp3) is 0.429. The Labute approximate surface area is 140 Å². The van der Waals surface area contributed by atoms with Crippen molar-refractivity contribution in [3.63, 3.8) is 0 Å².